The molecule has 0 aliphatic heterocycles. The predicted molar refractivity (Wildman–Crippen MR) is 198 cm³/mol. The first-order chi connectivity index (χ1) is 23.9. The zero-order valence-electron chi connectivity index (χ0n) is 28.7. The average Bonchev–Trinajstić information content (AvgIpc) is 3.55. The monoisotopic (exact) mass is 713 g/mol. The van der Waals surface area contributed by atoms with E-state index >= 15 is 0 Å². The van der Waals surface area contributed by atoms with Crippen LogP contribution >= 0.6 is 11.6 Å². The van der Waals surface area contributed by atoms with Crippen molar-refractivity contribution in [2.45, 2.75) is 63.7 Å². The zero-order valence-corrected chi connectivity index (χ0v) is 30.2. The molecule has 0 aliphatic rings. The molecule has 1 N–H and O–H groups in total. The number of halogens is 1. The first kappa shape index (κ1) is 36.8. The fourth-order valence-electron chi connectivity index (χ4n) is 6.06. The Hall–Kier alpha value is -4.44. The lowest BCUT2D eigenvalue weighted by atomic mass is 9.77. The smallest absolute Gasteiger partial charge is 0.430 e. The molecule has 0 saturated carbocycles. The summed E-state index contributed by atoms with van der Waals surface area (Å²) in [6.45, 7) is 5.39. The number of imidazole rings is 1. The van der Waals surface area contributed by atoms with Gasteiger partial charge in [0.05, 0.1) is 12.0 Å². The summed E-state index contributed by atoms with van der Waals surface area (Å²) < 4.78 is 42.0. The van der Waals surface area contributed by atoms with Crippen molar-refractivity contribution >= 4 is 27.8 Å². The number of aryl methyl sites for hydroxylation is 1. The van der Waals surface area contributed by atoms with Gasteiger partial charge < -0.3 is 14.0 Å². The summed E-state index contributed by atoms with van der Waals surface area (Å²) in [5, 5.41) is 0.617. The standard InChI is InChI=1S/C40H44ClN3O5S/c1-39(2,3)49-38(45)48-37(29-50(46,47)43-27-26-31-22-24-35(41)25-23-31)21-13-20-36-28-44(30-42-36)40(32-14-7-4-8-15-32,33-16-9-5-10-17-33)34-18-11-6-12-19-34/h4-12,14-19,22-25,28,30,37,43H,13,20-21,26-27,29H2,1-3H3. The summed E-state index contributed by atoms with van der Waals surface area (Å²) in [6.07, 6.45) is 3.94. The molecule has 4 aromatic carbocycles. The van der Waals surface area contributed by atoms with E-state index in [0.717, 1.165) is 27.9 Å². The Labute approximate surface area is 300 Å². The predicted octanol–water partition coefficient (Wildman–Crippen LogP) is 8.18. The Kier molecular flexibility index (Phi) is 12.2. The SMILES string of the molecule is CC(C)(C)OC(=O)OC(CCCc1cn(C(c2ccccc2)(c2ccccc2)c2ccccc2)cn1)CS(=O)(=O)NCCc1ccc(Cl)cc1. The summed E-state index contributed by atoms with van der Waals surface area (Å²) in [4.78, 5) is 17.5. The van der Waals surface area contributed by atoms with E-state index in [1.165, 1.54) is 0 Å². The Morgan fingerprint density at radius 3 is 1.88 bits per heavy atom. The van der Waals surface area contributed by atoms with Crippen LogP contribution in [0.15, 0.2) is 128 Å². The maximum atomic E-state index is 13.1. The summed E-state index contributed by atoms with van der Waals surface area (Å²) in [5.41, 5.74) is 3.56. The molecule has 0 aliphatic carbocycles. The van der Waals surface area contributed by atoms with Crippen molar-refractivity contribution in [3.63, 3.8) is 0 Å². The number of hydrogen-bond acceptors (Lipinski definition) is 6. The number of carbonyl (C=O) groups is 1. The average molecular weight is 714 g/mol. The molecule has 1 aromatic heterocycles. The van der Waals surface area contributed by atoms with E-state index in [4.69, 9.17) is 26.1 Å². The first-order valence-corrected chi connectivity index (χ1v) is 18.8. The molecule has 50 heavy (non-hydrogen) atoms. The van der Waals surface area contributed by atoms with Gasteiger partial charge in [0.25, 0.3) is 0 Å². The van der Waals surface area contributed by atoms with Gasteiger partial charge in [-0.05, 0) is 80.8 Å². The van der Waals surface area contributed by atoms with E-state index in [1.54, 1.807) is 32.9 Å². The summed E-state index contributed by atoms with van der Waals surface area (Å²) >= 11 is 5.97. The molecule has 0 radical (unpaired) electrons. The van der Waals surface area contributed by atoms with Crippen molar-refractivity contribution < 1.29 is 22.7 Å². The fourth-order valence-corrected chi connectivity index (χ4v) is 7.45. The Bertz CT molecular complexity index is 1810. The van der Waals surface area contributed by atoms with Crippen molar-refractivity contribution in [3.05, 3.63) is 161 Å². The number of nitrogens with zero attached hydrogens (tertiary/aromatic N) is 2. The number of benzene rings is 4. The van der Waals surface area contributed by atoms with Gasteiger partial charge in [0.15, 0.2) is 0 Å². The van der Waals surface area contributed by atoms with Gasteiger partial charge >= 0.3 is 6.16 Å². The van der Waals surface area contributed by atoms with Crippen LogP contribution in [-0.2, 0) is 37.9 Å². The molecule has 1 atom stereocenters. The van der Waals surface area contributed by atoms with Gasteiger partial charge in [-0.25, -0.2) is 22.9 Å². The highest BCUT2D eigenvalue weighted by Crippen LogP contribution is 2.40. The molecular formula is C40H44ClN3O5S. The van der Waals surface area contributed by atoms with E-state index in [1.807, 2.05) is 79.3 Å². The second-order valence-corrected chi connectivity index (χ2v) is 15.5. The van der Waals surface area contributed by atoms with Crippen molar-refractivity contribution in [1.29, 1.82) is 0 Å². The normalized spacial score (nSPS) is 12.7. The van der Waals surface area contributed by atoms with Gasteiger partial charge in [-0.3, -0.25) is 0 Å². The van der Waals surface area contributed by atoms with Crippen LogP contribution in [0.25, 0.3) is 0 Å². The molecule has 10 heteroatoms. The Balaban J connectivity index is 1.33. The quantitative estimate of drug-likeness (QED) is 0.0868. The third kappa shape index (κ3) is 9.84. The molecule has 5 aromatic rings. The van der Waals surface area contributed by atoms with Crippen LogP contribution in [0.3, 0.4) is 0 Å². The number of aromatic nitrogens is 2. The lowest BCUT2D eigenvalue weighted by Crippen LogP contribution is -2.37. The van der Waals surface area contributed by atoms with E-state index in [9.17, 15) is 13.2 Å². The molecule has 0 amide bonds. The van der Waals surface area contributed by atoms with E-state index in [2.05, 4.69) is 45.7 Å². The second-order valence-electron chi connectivity index (χ2n) is 13.2. The number of nitrogens with one attached hydrogen (secondary N) is 1. The number of carbonyl (C=O) groups excluding carboxylic acids is 1. The van der Waals surface area contributed by atoms with Crippen LogP contribution in [0.5, 0.6) is 0 Å². The minimum atomic E-state index is -3.78. The number of ether oxygens (including phenoxy) is 2. The molecule has 1 unspecified atom stereocenters. The molecule has 0 saturated heterocycles. The van der Waals surface area contributed by atoms with E-state index < -0.39 is 33.4 Å². The molecule has 262 valence electrons. The molecule has 5 rings (SSSR count). The van der Waals surface area contributed by atoms with Gasteiger partial charge in [-0.15, -0.1) is 0 Å². The lowest BCUT2D eigenvalue weighted by molar-refractivity contribution is -0.0242. The second kappa shape index (κ2) is 16.5. The minimum absolute atomic E-state index is 0.201. The number of rotatable bonds is 15. The van der Waals surface area contributed by atoms with Crippen molar-refractivity contribution in [1.82, 2.24) is 14.3 Å². The van der Waals surface area contributed by atoms with Crippen molar-refractivity contribution in [3.8, 4) is 0 Å². The number of hydrogen-bond donors (Lipinski definition) is 1. The molecular weight excluding hydrogens is 670 g/mol. The van der Waals surface area contributed by atoms with E-state index in [0.29, 0.717) is 30.7 Å². The van der Waals surface area contributed by atoms with Crippen LogP contribution in [-0.4, -0.2) is 48.1 Å². The van der Waals surface area contributed by atoms with Crippen LogP contribution in [0.2, 0.25) is 5.02 Å². The molecule has 1 heterocycles. The van der Waals surface area contributed by atoms with Crippen LogP contribution in [0, 0.1) is 0 Å². The summed E-state index contributed by atoms with van der Waals surface area (Å²) in [7, 11) is -3.78. The van der Waals surface area contributed by atoms with Gasteiger partial charge in [-0.2, -0.15) is 0 Å². The molecule has 0 spiro atoms. The third-order valence-electron chi connectivity index (χ3n) is 8.26. The van der Waals surface area contributed by atoms with Gasteiger partial charge in [-0.1, -0.05) is 115 Å². The highest BCUT2D eigenvalue weighted by molar-refractivity contribution is 7.89. The third-order valence-corrected chi connectivity index (χ3v) is 9.97. The van der Waals surface area contributed by atoms with Gasteiger partial charge in [0, 0.05) is 17.8 Å². The minimum Gasteiger partial charge on any atom is -0.430 e. The van der Waals surface area contributed by atoms with Crippen molar-refractivity contribution in [2.75, 3.05) is 12.3 Å². The Morgan fingerprint density at radius 2 is 1.36 bits per heavy atom. The number of sulfonamides is 1. The molecule has 8 nitrogen and oxygen atoms in total. The highest BCUT2D eigenvalue weighted by Gasteiger charge is 2.38. The highest BCUT2D eigenvalue weighted by atomic mass is 35.5. The largest absolute Gasteiger partial charge is 0.509 e. The van der Waals surface area contributed by atoms with Gasteiger partial charge in [0.2, 0.25) is 10.0 Å². The van der Waals surface area contributed by atoms with Gasteiger partial charge in [0.1, 0.15) is 23.0 Å². The topological polar surface area (TPSA) is 99.5 Å². The fraction of sp³-hybridized carbons (Fsp3) is 0.300. The van der Waals surface area contributed by atoms with Crippen molar-refractivity contribution in [2.24, 2.45) is 0 Å². The van der Waals surface area contributed by atoms with Crippen LogP contribution in [0.4, 0.5) is 4.79 Å². The maximum absolute atomic E-state index is 13.1. The zero-order chi connectivity index (χ0) is 35.6. The molecule has 0 fully saturated rings. The Morgan fingerprint density at radius 1 is 0.820 bits per heavy atom. The maximum Gasteiger partial charge on any atom is 0.509 e. The van der Waals surface area contributed by atoms with Crippen LogP contribution < -0.4 is 4.72 Å². The molecule has 0 bridgehead atoms. The summed E-state index contributed by atoms with van der Waals surface area (Å²) in [6, 6.07) is 38.3. The van der Waals surface area contributed by atoms with E-state index in [-0.39, 0.29) is 12.3 Å². The lowest BCUT2D eigenvalue weighted by Gasteiger charge is -2.37. The van der Waals surface area contributed by atoms with Crippen LogP contribution in [0.1, 0.15) is 61.6 Å². The first-order valence-electron chi connectivity index (χ1n) is 16.8. The summed E-state index contributed by atoms with van der Waals surface area (Å²) in [5.74, 6) is -0.388.